The predicted molar refractivity (Wildman–Crippen MR) is 92.7 cm³/mol. The van der Waals surface area contributed by atoms with Crippen LogP contribution in [0.25, 0.3) is 0 Å². The Morgan fingerprint density at radius 3 is 1.71 bits per heavy atom. The third-order valence-electron chi connectivity index (χ3n) is 3.67. The lowest BCUT2D eigenvalue weighted by molar-refractivity contribution is 0.0943. The zero-order chi connectivity index (χ0) is 16.7. The molecule has 2 fully saturated rings. The van der Waals surface area contributed by atoms with Crippen molar-refractivity contribution in [3.63, 3.8) is 0 Å². The molecule has 21 heavy (non-hydrogen) atoms. The molecule has 1 atom stereocenters. The summed E-state index contributed by atoms with van der Waals surface area (Å²) < 4.78 is 0. The number of piperidine rings is 2. The van der Waals surface area contributed by atoms with E-state index >= 15 is 0 Å². The van der Waals surface area contributed by atoms with Gasteiger partial charge in [-0.2, -0.15) is 0 Å². The summed E-state index contributed by atoms with van der Waals surface area (Å²) in [5, 5.41) is 17.8. The van der Waals surface area contributed by atoms with Gasteiger partial charge in [-0.3, -0.25) is 0 Å². The third kappa shape index (κ3) is 13.2. The van der Waals surface area contributed by atoms with Gasteiger partial charge in [0.05, 0.1) is 6.10 Å². The molecule has 0 amide bonds. The van der Waals surface area contributed by atoms with Crippen molar-refractivity contribution in [2.24, 2.45) is 5.92 Å². The van der Waals surface area contributed by atoms with Crippen LogP contribution in [0.2, 0.25) is 0 Å². The quantitative estimate of drug-likeness (QED) is 0.781. The van der Waals surface area contributed by atoms with Crippen molar-refractivity contribution in [1.82, 2.24) is 9.80 Å². The minimum absolute atomic E-state index is 0.0220. The van der Waals surface area contributed by atoms with Crippen LogP contribution in [0.5, 0.6) is 0 Å². The van der Waals surface area contributed by atoms with Crippen LogP contribution in [0.3, 0.4) is 0 Å². The molecule has 2 N–H and O–H groups in total. The first-order valence-corrected chi connectivity index (χ1v) is 8.78. The van der Waals surface area contributed by atoms with Crippen molar-refractivity contribution >= 4 is 0 Å². The number of hydrogen-bond donors (Lipinski definition) is 2. The van der Waals surface area contributed by atoms with Gasteiger partial charge in [0.15, 0.2) is 0 Å². The lowest BCUT2D eigenvalue weighted by atomic mass is 10.00. The van der Waals surface area contributed by atoms with Gasteiger partial charge < -0.3 is 20.0 Å². The van der Waals surface area contributed by atoms with Crippen LogP contribution >= 0.6 is 0 Å². The molecule has 0 radical (unpaired) electrons. The van der Waals surface area contributed by atoms with Crippen LogP contribution in [0.15, 0.2) is 0 Å². The Labute approximate surface area is 133 Å². The average molecular weight is 305 g/mol. The normalized spacial score (nSPS) is 23.7. The van der Waals surface area contributed by atoms with Gasteiger partial charge in [0, 0.05) is 26.2 Å². The first-order chi connectivity index (χ1) is 10.1. The lowest BCUT2D eigenvalue weighted by Crippen LogP contribution is -2.33. The fourth-order valence-electron chi connectivity index (χ4n) is 2.42. The average Bonchev–Trinajstić information content (AvgIpc) is 2.55. The smallest absolute Gasteiger partial charge is 0.0564 e. The molecule has 0 spiro atoms. The zero-order valence-electron chi connectivity index (χ0n) is 15.3. The number of rotatable bonds is 1. The highest BCUT2D eigenvalue weighted by molar-refractivity contribution is 4.69. The minimum Gasteiger partial charge on any atom is -0.396 e. The van der Waals surface area contributed by atoms with E-state index in [1.807, 2.05) is 27.7 Å². The molecule has 0 aromatic carbocycles. The molecule has 0 saturated carbocycles. The molecule has 1 unspecified atom stereocenters. The number of aliphatic hydroxyl groups excluding tert-OH is 2. The van der Waals surface area contributed by atoms with E-state index in [2.05, 4.69) is 23.9 Å². The van der Waals surface area contributed by atoms with Crippen molar-refractivity contribution in [3.8, 4) is 0 Å². The van der Waals surface area contributed by atoms with Gasteiger partial charge in [-0.15, -0.1) is 0 Å². The Morgan fingerprint density at radius 2 is 1.38 bits per heavy atom. The molecule has 2 heterocycles. The second-order valence-electron chi connectivity index (χ2n) is 5.49. The number of hydrogen-bond acceptors (Lipinski definition) is 4. The van der Waals surface area contributed by atoms with Crippen LogP contribution in [0, 0.1) is 5.92 Å². The SMILES string of the molecule is CC.CC.CN1CCC(O)CC1.CN1CCCC(CO)C1. The van der Waals surface area contributed by atoms with Crippen LogP contribution in [0.4, 0.5) is 0 Å². The van der Waals surface area contributed by atoms with E-state index in [1.54, 1.807) is 0 Å². The first-order valence-electron chi connectivity index (χ1n) is 8.78. The second kappa shape index (κ2) is 16.2. The molecule has 0 aliphatic carbocycles. The Hall–Kier alpha value is -0.160. The summed E-state index contributed by atoms with van der Waals surface area (Å²) in [6.07, 6.45) is 4.35. The third-order valence-corrected chi connectivity index (χ3v) is 3.67. The van der Waals surface area contributed by atoms with Gasteiger partial charge in [-0.05, 0) is 52.2 Å². The van der Waals surface area contributed by atoms with E-state index in [4.69, 9.17) is 10.2 Å². The Kier molecular flexibility index (Phi) is 17.8. The number of aliphatic hydroxyl groups is 2. The van der Waals surface area contributed by atoms with Crippen molar-refractivity contribution in [3.05, 3.63) is 0 Å². The topological polar surface area (TPSA) is 46.9 Å². The van der Waals surface area contributed by atoms with Crippen LogP contribution in [-0.2, 0) is 0 Å². The Bertz CT molecular complexity index is 185. The maximum absolute atomic E-state index is 9.00. The maximum atomic E-state index is 9.00. The van der Waals surface area contributed by atoms with Gasteiger partial charge in [0.1, 0.15) is 0 Å². The molecule has 0 bridgehead atoms. The number of likely N-dealkylation sites (tertiary alicyclic amines) is 2. The lowest BCUT2D eigenvalue weighted by Gasteiger charge is -2.27. The van der Waals surface area contributed by atoms with Gasteiger partial charge in [-0.1, -0.05) is 27.7 Å². The standard InChI is InChI=1S/C7H15NO.C6H13NO.2C2H6/c1-8-4-2-3-7(5-8)6-9;1-7-4-2-6(8)3-5-7;2*1-2/h7,9H,2-6H2,1H3;6,8H,2-5H2,1H3;2*1-2H3. The molecule has 2 saturated heterocycles. The molecule has 4 nitrogen and oxygen atoms in total. The molecular weight excluding hydrogens is 264 g/mol. The molecule has 4 heteroatoms. The second-order valence-corrected chi connectivity index (χ2v) is 5.49. The minimum atomic E-state index is -0.0220. The Balaban J connectivity index is 0. The van der Waals surface area contributed by atoms with Gasteiger partial charge >= 0.3 is 0 Å². The van der Waals surface area contributed by atoms with E-state index in [9.17, 15) is 0 Å². The van der Waals surface area contributed by atoms with Crippen molar-refractivity contribution in [1.29, 1.82) is 0 Å². The summed E-state index contributed by atoms with van der Waals surface area (Å²) in [5.74, 6) is 0.545. The molecular formula is C17H40N2O2. The zero-order valence-corrected chi connectivity index (χ0v) is 15.3. The van der Waals surface area contributed by atoms with Crippen LogP contribution in [0.1, 0.15) is 53.4 Å². The summed E-state index contributed by atoms with van der Waals surface area (Å²) in [4.78, 5) is 4.52. The maximum Gasteiger partial charge on any atom is 0.0564 e. The fraction of sp³-hybridized carbons (Fsp3) is 1.00. The molecule has 130 valence electrons. The van der Waals surface area contributed by atoms with Crippen molar-refractivity contribution in [2.45, 2.75) is 59.5 Å². The summed E-state index contributed by atoms with van der Waals surface area (Å²) >= 11 is 0. The van der Waals surface area contributed by atoms with E-state index in [0.717, 1.165) is 32.5 Å². The van der Waals surface area contributed by atoms with E-state index in [-0.39, 0.29) is 6.10 Å². The molecule has 0 aromatic rings. The summed E-state index contributed by atoms with van der Waals surface area (Å²) in [7, 11) is 4.20. The first kappa shape index (κ1) is 23.1. The van der Waals surface area contributed by atoms with E-state index in [1.165, 1.54) is 19.4 Å². The van der Waals surface area contributed by atoms with Crippen LogP contribution < -0.4 is 0 Å². The van der Waals surface area contributed by atoms with Gasteiger partial charge in [-0.25, -0.2) is 0 Å². The summed E-state index contributed by atoms with van der Waals surface area (Å²) in [6.45, 7) is 12.8. The highest BCUT2D eigenvalue weighted by Crippen LogP contribution is 2.13. The van der Waals surface area contributed by atoms with E-state index in [0.29, 0.717) is 12.5 Å². The molecule has 2 aliphatic rings. The van der Waals surface area contributed by atoms with Gasteiger partial charge in [0.2, 0.25) is 0 Å². The van der Waals surface area contributed by atoms with Crippen molar-refractivity contribution < 1.29 is 10.2 Å². The highest BCUT2D eigenvalue weighted by atomic mass is 16.3. The largest absolute Gasteiger partial charge is 0.396 e. The van der Waals surface area contributed by atoms with Crippen molar-refractivity contribution in [2.75, 3.05) is 46.9 Å². The van der Waals surface area contributed by atoms with Gasteiger partial charge in [0.25, 0.3) is 0 Å². The van der Waals surface area contributed by atoms with E-state index < -0.39 is 0 Å². The number of nitrogens with zero attached hydrogens (tertiary/aromatic N) is 2. The highest BCUT2D eigenvalue weighted by Gasteiger charge is 2.15. The summed E-state index contributed by atoms with van der Waals surface area (Å²) in [6, 6.07) is 0. The fourth-order valence-corrected chi connectivity index (χ4v) is 2.42. The monoisotopic (exact) mass is 304 g/mol. The molecule has 0 aromatic heterocycles. The molecule has 2 rings (SSSR count). The summed E-state index contributed by atoms with van der Waals surface area (Å²) in [5.41, 5.74) is 0. The Morgan fingerprint density at radius 1 is 0.857 bits per heavy atom. The predicted octanol–water partition coefficient (Wildman–Crippen LogP) is 2.45. The van der Waals surface area contributed by atoms with Crippen LogP contribution in [-0.4, -0.2) is 73.0 Å². The molecule has 2 aliphatic heterocycles.